The normalized spacial score (nSPS) is 10.6. The van der Waals surface area contributed by atoms with E-state index < -0.39 is 0 Å². The van der Waals surface area contributed by atoms with Gasteiger partial charge in [-0.3, -0.25) is 4.79 Å². The number of nitrogens with one attached hydrogen (secondary N) is 3. The molecule has 0 unspecified atom stereocenters. The predicted octanol–water partition coefficient (Wildman–Crippen LogP) is 2.28. The number of carbonyl (C=O) groups is 1. The number of pyridine rings is 1. The van der Waals surface area contributed by atoms with Gasteiger partial charge < -0.3 is 25.5 Å². The Morgan fingerprint density at radius 1 is 1.45 bits per heavy atom. The summed E-state index contributed by atoms with van der Waals surface area (Å²) in [5, 5.41) is 24.4. The Morgan fingerprint density at radius 3 is 3.00 bits per heavy atom. The van der Waals surface area contributed by atoms with Crippen LogP contribution in [0.5, 0.6) is 5.75 Å². The van der Waals surface area contributed by atoms with Crippen molar-refractivity contribution in [2.24, 2.45) is 0 Å². The average molecular weight is 412 g/mol. The molecule has 0 bridgehead atoms. The fraction of sp³-hybridized carbons (Fsp3) is 0.263. The van der Waals surface area contributed by atoms with Crippen molar-refractivity contribution in [1.29, 1.82) is 5.26 Å². The zero-order valence-corrected chi connectivity index (χ0v) is 16.8. The summed E-state index contributed by atoms with van der Waals surface area (Å²) in [6.07, 6.45) is 1.56. The number of aryl methyl sites for hydroxylation is 1. The Balaban J connectivity index is 1.65. The number of ether oxygens (including phenoxy) is 1. The number of H-pyrrole nitrogens is 1. The second-order valence-electron chi connectivity index (χ2n) is 6.02. The molecule has 9 nitrogen and oxygen atoms in total. The first-order valence-corrected chi connectivity index (χ1v) is 9.77. The van der Waals surface area contributed by atoms with Crippen molar-refractivity contribution in [1.82, 2.24) is 15.0 Å². The number of aliphatic hydroxyl groups is 1. The second kappa shape index (κ2) is 9.27. The van der Waals surface area contributed by atoms with E-state index in [4.69, 9.17) is 15.1 Å². The minimum absolute atomic E-state index is 0.0985. The monoisotopic (exact) mass is 412 g/mol. The predicted molar refractivity (Wildman–Crippen MR) is 111 cm³/mol. The van der Waals surface area contributed by atoms with E-state index >= 15 is 0 Å². The van der Waals surface area contributed by atoms with Crippen molar-refractivity contribution in [2.75, 3.05) is 36.6 Å². The summed E-state index contributed by atoms with van der Waals surface area (Å²) in [7, 11) is 1.76. The zero-order chi connectivity index (χ0) is 20.8. The first kappa shape index (κ1) is 20.4. The first-order valence-electron chi connectivity index (χ1n) is 8.79. The quantitative estimate of drug-likeness (QED) is 0.414. The van der Waals surface area contributed by atoms with E-state index in [0.29, 0.717) is 33.4 Å². The molecule has 150 valence electrons. The van der Waals surface area contributed by atoms with E-state index in [-0.39, 0.29) is 24.9 Å². The Hall–Kier alpha value is -3.29. The summed E-state index contributed by atoms with van der Waals surface area (Å²) in [5.74, 6) is 0.492. The fourth-order valence-electron chi connectivity index (χ4n) is 2.68. The number of hydrogen-bond acceptors (Lipinski definition) is 8. The van der Waals surface area contributed by atoms with Crippen molar-refractivity contribution in [3.05, 3.63) is 35.7 Å². The maximum Gasteiger partial charge on any atom is 0.234 e. The number of imidazole rings is 1. The van der Waals surface area contributed by atoms with Crippen LogP contribution in [0.3, 0.4) is 0 Å². The van der Waals surface area contributed by atoms with Crippen LogP contribution in [-0.2, 0) is 4.79 Å². The van der Waals surface area contributed by atoms with Gasteiger partial charge >= 0.3 is 0 Å². The van der Waals surface area contributed by atoms with Gasteiger partial charge in [-0.25, -0.2) is 9.97 Å². The highest BCUT2D eigenvalue weighted by Crippen LogP contribution is 2.28. The molecule has 0 radical (unpaired) electrons. The number of aromatic amines is 1. The summed E-state index contributed by atoms with van der Waals surface area (Å²) in [4.78, 5) is 24.0. The van der Waals surface area contributed by atoms with Gasteiger partial charge in [-0.05, 0) is 19.1 Å². The molecule has 0 aliphatic rings. The molecule has 4 N–H and O–H groups in total. The number of hydrogen-bond donors (Lipinski definition) is 4. The van der Waals surface area contributed by atoms with Crippen molar-refractivity contribution >= 4 is 40.1 Å². The highest BCUT2D eigenvalue weighted by atomic mass is 32.2. The second-order valence-corrected chi connectivity index (χ2v) is 6.98. The van der Waals surface area contributed by atoms with Crippen molar-refractivity contribution < 1.29 is 14.6 Å². The molecule has 0 saturated heterocycles. The van der Waals surface area contributed by atoms with Crippen molar-refractivity contribution in [3.8, 4) is 11.8 Å². The number of thioether (sulfide) groups is 1. The molecule has 0 fully saturated rings. The Bertz CT molecular complexity index is 1080. The number of aromatic nitrogens is 3. The summed E-state index contributed by atoms with van der Waals surface area (Å²) in [5.41, 5.74) is 3.78. The number of aliphatic hydroxyl groups excluding tert-OH is 1. The third kappa shape index (κ3) is 4.77. The summed E-state index contributed by atoms with van der Waals surface area (Å²) in [6, 6.07) is 7.29. The molecule has 0 spiro atoms. The Morgan fingerprint density at radius 2 is 2.28 bits per heavy atom. The van der Waals surface area contributed by atoms with Crippen molar-refractivity contribution in [2.45, 2.75) is 12.1 Å². The molecule has 0 saturated carbocycles. The fourth-order valence-corrected chi connectivity index (χ4v) is 3.35. The van der Waals surface area contributed by atoms with Gasteiger partial charge in [0.2, 0.25) is 5.91 Å². The summed E-state index contributed by atoms with van der Waals surface area (Å²) >= 11 is 1.26. The maximum absolute atomic E-state index is 12.3. The van der Waals surface area contributed by atoms with Gasteiger partial charge in [0.05, 0.1) is 35.3 Å². The van der Waals surface area contributed by atoms with Gasteiger partial charge in [0.15, 0.2) is 5.16 Å². The van der Waals surface area contributed by atoms with Crippen LogP contribution in [0.2, 0.25) is 0 Å². The third-order valence-electron chi connectivity index (χ3n) is 4.07. The average Bonchev–Trinajstić information content (AvgIpc) is 3.15. The maximum atomic E-state index is 12.3. The van der Waals surface area contributed by atoms with E-state index in [9.17, 15) is 4.79 Å². The lowest BCUT2D eigenvalue weighted by atomic mass is 10.2. The lowest BCUT2D eigenvalue weighted by molar-refractivity contribution is -0.113. The number of carbonyl (C=O) groups excluding carboxylic acids is 1. The first-order chi connectivity index (χ1) is 14.0. The van der Waals surface area contributed by atoms with Gasteiger partial charge in [-0.15, -0.1) is 0 Å². The molecule has 3 aromatic rings. The number of rotatable bonds is 8. The molecular formula is C19H20N6O3S. The van der Waals surface area contributed by atoms with Gasteiger partial charge in [0.1, 0.15) is 24.1 Å². The number of nitrogens with zero attached hydrogens (tertiary/aromatic N) is 3. The minimum Gasteiger partial charge on any atom is -0.489 e. The number of fused-ring (bicyclic) bond motifs is 1. The van der Waals surface area contributed by atoms with Gasteiger partial charge in [0.25, 0.3) is 0 Å². The van der Waals surface area contributed by atoms with Crippen molar-refractivity contribution in [3.63, 3.8) is 0 Å². The van der Waals surface area contributed by atoms with Crippen LogP contribution in [-0.4, -0.2) is 52.0 Å². The van der Waals surface area contributed by atoms with Crippen LogP contribution in [0.4, 0.5) is 11.4 Å². The molecule has 0 aliphatic heterocycles. The molecule has 29 heavy (non-hydrogen) atoms. The zero-order valence-electron chi connectivity index (χ0n) is 15.9. The minimum atomic E-state index is -0.201. The third-order valence-corrected chi connectivity index (χ3v) is 4.95. The standard InChI is InChI=1S/C19H20N6O3S/c1-11-14(8-20)22-9-15-18(11)25-19(24-15)29-10-17(27)23-12-3-4-13(21-2)16(7-12)28-6-5-26/h3-4,7,9,21,26H,5-6,10H2,1-2H3,(H,23,27)(H,24,25). The molecule has 3 rings (SSSR count). The number of amides is 1. The highest BCUT2D eigenvalue weighted by Gasteiger charge is 2.12. The number of anilines is 2. The van der Waals surface area contributed by atoms with Crippen LogP contribution in [0, 0.1) is 18.3 Å². The Kier molecular flexibility index (Phi) is 6.54. The largest absolute Gasteiger partial charge is 0.489 e. The van der Waals surface area contributed by atoms with Crippen LogP contribution in [0.1, 0.15) is 11.3 Å². The Labute approximate surface area is 171 Å². The van der Waals surface area contributed by atoms with E-state index in [0.717, 1.165) is 11.2 Å². The molecule has 2 aromatic heterocycles. The van der Waals surface area contributed by atoms with Crippen LogP contribution >= 0.6 is 11.8 Å². The van der Waals surface area contributed by atoms with E-state index in [1.165, 1.54) is 11.8 Å². The van der Waals surface area contributed by atoms with E-state index in [2.05, 4.69) is 25.6 Å². The lowest BCUT2D eigenvalue weighted by Gasteiger charge is -2.12. The molecular weight excluding hydrogens is 392 g/mol. The SMILES string of the molecule is CNc1ccc(NC(=O)CSc2nc3c(C)c(C#N)ncc3[nH]2)cc1OCCO. The highest BCUT2D eigenvalue weighted by molar-refractivity contribution is 7.99. The molecule has 1 aromatic carbocycles. The van der Waals surface area contributed by atoms with E-state index in [1.807, 2.05) is 6.07 Å². The summed E-state index contributed by atoms with van der Waals surface area (Å²) in [6.45, 7) is 1.86. The summed E-state index contributed by atoms with van der Waals surface area (Å²) < 4.78 is 5.48. The topological polar surface area (TPSA) is 136 Å². The molecule has 0 atom stereocenters. The lowest BCUT2D eigenvalue weighted by Crippen LogP contribution is -2.14. The molecule has 1 amide bonds. The van der Waals surface area contributed by atoms with Crippen LogP contribution < -0.4 is 15.4 Å². The number of benzene rings is 1. The number of nitriles is 1. The van der Waals surface area contributed by atoms with Gasteiger partial charge in [0, 0.05) is 24.4 Å². The smallest absolute Gasteiger partial charge is 0.234 e. The molecule has 10 heteroatoms. The van der Waals surface area contributed by atoms with Crippen LogP contribution in [0.25, 0.3) is 11.0 Å². The van der Waals surface area contributed by atoms with Gasteiger partial charge in [-0.2, -0.15) is 5.26 Å². The van der Waals surface area contributed by atoms with Crippen LogP contribution in [0.15, 0.2) is 29.6 Å². The van der Waals surface area contributed by atoms with E-state index in [1.54, 1.807) is 38.4 Å². The molecule has 2 heterocycles. The van der Waals surface area contributed by atoms with Gasteiger partial charge in [-0.1, -0.05) is 11.8 Å². The molecule has 0 aliphatic carbocycles.